The number of nitrogens with one attached hydrogen (secondary N) is 2. The lowest BCUT2D eigenvalue weighted by Gasteiger charge is -2.22. The first-order valence-corrected chi connectivity index (χ1v) is 8.27. The summed E-state index contributed by atoms with van der Waals surface area (Å²) < 4.78 is 11.7. The molecule has 138 valence electrons. The van der Waals surface area contributed by atoms with Gasteiger partial charge in [-0.1, -0.05) is 18.2 Å². The first-order valence-electron chi connectivity index (χ1n) is 8.27. The Kier molecular flexibility index (Phi) is 5.59. The van der Waals surface area contributed by atoms with Gasteiger partial charge >= 0.3 is 0 Å². The Hall–Kier alpha value is -2.78. The predicted molar refractivity (Wildman–Crippen MR) is 93.6 cm³/mol. The van der Waals surface area contributed by atoms with E-state index in [0.717, 1.165) is 5.56 Å². The molecule has 0 radical (unpaired) electrons. The van der Waals surface area contributed by atoms with Gasteiger partial charge in [0.2, 0.25) is 17.8 Å². The van der Waals surface area contributed by atoms with Crippen LogP contribution in [0.5, 0.6) is 0 Å². The minimum atomic E-state index is -0.765. The lowest BCUT2D eigenvalue weighted by molar-refractivity contribution is -0.125. The first-order chi connectivity index (χ1) is 12.6. The Morgan fingerprint density at radius 1 is 1.38 bits per heavy atom. The van der Waals surface area contributed by atoms with E-state index >= 15 is 0 Å². The van der Waals surface area contributed by atoms with Gasteiger partial charge in [0.05, 0.1) is 19.6 Å². The fraction of sp³-hybridized carbons (Fsp3) is 0.412. The van der Waals surface area contributed by atoms with Crippen LogP contribution < -0.4 is 10.6 Å². The minimum Gasteiger partial charge on any atom is -0.382 e. The highest BCUT2D eigenvalue weighted by molar-refractivity contribution is 6.01. The van der Waals surface area contributed by atoms with Crippen LogP contribution >= 0.6 is 0 Å². The van der Waals surface area contributed by atoms with Crippen molar-refractivity contribution in [3.05, 3.63) is 35.7 Å². The van der Waals surface area contributed by atoms with E-state index in [4.69, 9.17) is 9.47 Å². The standard InChI is InChI=1S/C17H21N5O4/c1-11-5-3-4-6-12(11)18-16(24)13-9-15(23)20-17-19-14(21-22(13)17)10-26-8-7-25-2/h3-6,13H,7-10H2,1-2H3,(H,18,24)(H,19,20,21,23). The molecule has 0 spiro atoms. The number of aryl methyl sites for hydroxylation is 1. The fourth-order valence-corrected chi connectivity index (χ4v) is 2.61. The largest absolute Gasteiger partial charge is 0.382 e. The van der Waals surface area contributed by atoms with Crippen molar-refractivity contribution in [1.29, 1.82) is 0 Å². The van der Waals surface area contributed by atoms with Gasteiger partial charge in [0, 0.05) is 12.8 Å². The predicted octanol–water partition coefficient (Wildman–Crippen LogP) is 1.27. The van der Waals surface area contributed by atoms with E-state index in [9.17, 15) is 9.59 Å². The van der Waals surface area contributed by atoms with Crippen LogP contribution in [0.1, 0.15) is 23.9 Å². The molecule has 3 rings (SSSR count). The molecule has 0 saturated heterocycles. The maximum absolute atomic E-state index is 12.7. The number of fused-ring (bicyclic) bond motifs is 1. The van der Waals surface area contributed by atoms with Crippen molar-refractivity contribution >= 4 is 23.5 Å². The number of hydrogen-bond donors (Lipinski definition) is 2. The average molecular weight is 359 g/mol. The van der Waals surface area contributed by atoms with Crippen molar-refractivity contribution in [3.63, 3.8) is 0 Å². The molecule has 9 nitrogen and oxygen atoms in total. The van der Waals surface area contributed by atoms with Gasteiger partial charge in [-0.25, -0.2) is 4.68 Å². The Bertz CT molecular complexity index is 804. The van der Waals surface area contributed by atoms with Crippen LogP contribution in [0.3, 0.4) is 0 Å². The van der Waals surface area contributed by atoms with E-state index in [1.54, 1.807) is 7.11 Å². The van der Waals surface area contributed by atoms with E-state index in [1.165, 1.54) is 4.68 Å². The lowest BCUT2D eigenvalue weighted by atomic mass is 10.1. The monoisotopic (exact) mass is 359 g/mol. The van der Waals surface area contributed by atoms with Crippen LogP contribution in [0.4, 0.5) is 11.6 Å². The van der Waals surface area contributed by atoms with Crippen molar-refractivity contribution in [2.75, 3.05) is 31.0 Å². The molecule has 0 aliphatic carbocycles. The number of amides is 2. The molecule has 1 atom stereocenters. The van der Waals surface area contributed by atoms with E-state index in [2.05, 4.69) is 20.7 Å². The third-order valence-electron chi connectivity index (χ3n) is 3.97. The number of anilines is 2. The van der Waals surface area contributed by atoms with Crippen molar-refractivity contribution in [2.45, 2.75) is 26.0 Å². The third kappa shape index (κ3) is 4.06. The van der Waals surface area contributed by atoms with E-state index < -0.39 is 6.04 Å². The van der Waals surface area contributed by atoms with Crippen molar-refractivity contribution < 1.29 is 19.1 Å². The maximum atomic E-state index is 12.7. The molecule has 2 aromatic rings. The van der Waals surface area contributed by atoms with Gasteiger partial charge < -0.3 is 14.8 Å². The molecule has 0 bridgehead atoms. The molecular weight excluding hydrogens is 338 g/mol. The lowest BCUT2D eigenvalue weighted by Crippen LogP contribution is -2.36. The summed E-state index contributed by atoms with van der Waals surface area (Å²) in [6, 6.07) is 6.68. The highest BCUT2D eigenvalue weighted by atomic mass is 16.5. The summed E-state index contributed by atoms with van der Waals surface area (Å²) in [5.41, 5.74) is 1.64. The number of hydrogen-bond acceptors (Lipinski definition) is 6. The minimum absolute atomic E-state index is 0.00194. The van der Waals surface area contributed by atoms with E-state index in [-0.39, 0.29) is 30.8 Å². The van der Waals surface area contributed by atoms with Crippen LogP contribution in [0, 0.1) is 6.92 Å². The van der Waals surface area contributed by atoms with Crippen molar-refractivity contribution in [3.8, 4) is 0 Å². The number of nitrogens with zero attached hydrogens (tertiary/aromatic N) is 3. The third-order valence-corrected chi connectivity index (χ3v) is 3.97. The van der Waals surface area contributed by atoms with E-state index in [0.29, 0.717) is 24.7 Å². The normalized spacial score (nSPS) is 16.1. The molecule has 0 saturated carbocycles. The number of carbonyl (C=O) groups is 2. The number of ether oxygens (including phenoxy) is 2. The molecule has 1 unspecified atom stereocenters. The summed E-state index contributed by atoms with van der Waals surface area (Å²) in [6.07, 6.45) is -0.00194. The van der Waals surface area contributed by atoms with Gasteiger partial charge in [-0.3, -0.25) is 14.9 Å². The first kappa shape index (κ1) is 18.0. The highest BCUT2D eigenvalue weighted by Crippen LogP contribution is 2.25. The Balaban J connectivity index is 1.75. The number of para-hydroxylation sites is 1. The molecular formula is C17H21N5O4. The number of carbonyl (C=O) groups excluding carboxylic acids is 2. The van der Waals surface area contributed by atoms with Crippen LogP contribution in [0.2, 0.25) is 0 Å². The van der Waals surface area contributed by atoms with Crippen LogP contribution in [0.15, 0.2) is 24.3 Å². The maximum Gasteiger partial charge on any atom is 0.249 e. The number of benzene rings is 1. The Morgan fingerprint density at radius 2 is 2.19 bits per heavy atom. The van der Waals surface area contributed by atoms with Crippen LogP contribution in [-0.4, -0.2) is 46.9 Å². The molecule has 1 aliphatic heterocycles. The van der Waals surface area contributed by atoms with Gasteiger partial charge in [0.1, 0.15) is 12.6 Å². The summed E-state index contributed by atoms with van der Waals surface area (Å²) in [6.45, 7) is 2.95. The average Bonchev–Trinajstić information content (AvgIpc) is 3.02. The van der Waals surface area contributed by atoms with Gasteiger partial charge in [0.15, 0.2) is 5.82 Å². The van der Waals surface area contributed by atoms with Gasteiger partial charge in [-0.05, 0) is 18.6 Å². The molecule has 2 amide bonds. The molecule has 0 fully saturated rings. The quantitative estimate of drug-likeness (QED) is 0.721. The molecule has 1 aromatic carbocycles. The number of aromatic nitrogens is 3. The van der Waals surface area contributed by atoms with E-state index in [1.807, 2.05) is 31.2 Å². The summed E-state index contributed by atoms with van der Waals surface area (Å²) >= 11 is 0. The molecule has 26 heavy (non-hydrogen) atoms. The molecule has 1 aromatic heterocycles. The van der Waals surface area contributed by atoms with Gasteiger partial charge in [-0.15, -0.1) is 0 Å². The zero-order valence-corrected chi connectivity index (χ0v) is 14.7. The smallest absolute Gasteiger partial charge is 0.249 e. The zero-order chi connectivity index (χ0) is 18.5. The highest BCUT2D eigenvalue weighted by Gasteiger charge is 2.33. The van der Waals surface area contributed by atoms with Crippen molar-refractivity contribution in [2.24, 2.45) is 0 Å². The topological polar surface area (TPSA) is 107 Å². The Morgan fingerprint density at radius 3 is 2.96 bits per heavy atom. The number of methoxy groups -OCH3 is 1. The zero-order valence-electron chi connectivity index (χ0n) is 14.7. The molecule has 1 aliphatic rings. The summed E-state index contributed by atoms with van der Waals surface area (Å²) in [4.78, 5) is 28.9. The van der Waals surface area contributed by atoms with Crippen LogP contribution in [-0.2, 0) is 25.7 Å². The van der Waals surface area contributed by atoms with Gasteiger partial charge in [0.25, 0.3) is 0 Å². The summed E-state index contributed by atoms with van der Waals surface area (Å²) in [7, 11) is 1.59. The second-order valence-electron chi connectivity index (χ2n) is 5.91. The van der Waals surface area contributed by atoms with Crippen LogP contribution in [0.25, 0.3) is 0 Å². The van der Waals surface area contributed by atoms with Crippen molar-refractivity contribution in [1.82, 2.24) is 14.8 Å². The molecule has 2 heterocycles. The SMILES string of the molecule is COCCOCc1nc2n(n1)C(C(=O)Nc1ccccc1C)CC(=O)N2. The second-order valence-corrected chi connectivity index (χ2v) is 5.91. The number of rotatable bonds is 7. The Labute approximate surface area is 150 Å². The summed E-state index contributed by atoms with van der Waals surface area (Å²) in [5, 5.41) is 9.80. The summed E-state index contributed by atoms with van der Waals surface area (Å²) in [5.74, 6) is 0.0531. The molecule has 2 N–H and O–H groups in total. The molecule has 9 heteroatoms. The fourth-order valence-electron chi connectivity index (χ4n) is 2.61. The second kappa shape index (κ2) is 8.07. The van der Waals surface area contributed by atoms with Gasteiger partial charge in [-0.2, -0.15) is 10.1 Å².